The Balaban J connectivity index is 2.38. The van der Waals surface area contributed by atoms with Gasteiger partial charge in [-0.05, 0) is 56.2 Å². The summed E-state index contributed by atoms with van der Waals surface area (Å²) in [5.41, 5.74) is 2.76. The minimum atomic E-state index is -3.73. The molecule has 0 aromatic heterocycles. The summed E-state index contributed by atoms with van der Waals surface area (Å²) in [5.74, 6) is -1.17. The van der Waals surface area contributed by atoms with Crippen LogP contribution in [0.3, 0.4) is 0 Å². The molecule has 7 nitrogen and oxygen atoms in total. The lowest BCUT2D eigenvalue weighted by Crippen LogP contribution is -2.45. The van der Waals surface area contributed by atoms with Crippen LogP contribution in [0, 0.1) is 13.8 Å². The number of carbonyl (C=O) groups excluding carboxylic acids is 2. The van der Waals surface area contributed by atoms with Crippen LogP contribution in [0.1, 0.15) is 28.4 Å². The van der Waals surface area contributed by atoms with E-state index in [9.17, 15) is 18.0 Å². The summed E-state index contributed by atoms with van der Waals surface area (Å²) >= 11 is 0. The van der Waals surface area contributed by atoms with Crippen molar-refractivity contribution in [2.75, 3.05) is 23.0 Å². The highest BCUT2D eigenvalue weighted by molar-refractivity contribution is 7.92. The molecule has 1 N–H and O–H groups in total. The topological polar surface area (TPSA) is 92.8 Å². The molecule has 0 saturated heterocycles. The second kappa shape index (κ2) is 8.43. The first-order valence-electron chi connectivity index (χ1n) is 8.61. The highest BCUT2D eigenvalue weighted by Gasteiger charge is 2.30. The van der Waals surface area contributed by atoms with Gasteiger partial charge in [-0.15, -0.1) is 0 Å². The van der Waals surface area contributed by atoms with Crippen LogP contribution in [-0.4, -0.2) is 39.7 Å². The largest absolute Gasteiger partial charge is 0.465 e. The Bertz CT molecular complexity index is 1000. The summed E-state index contributed by atoms with van der Waals surface area (Å²) in [5, 5.41) is 2.63. The summed E-state index contributed by atoms with van der Waals surface area (Å²) in [6.45, 7) is 5.28. The fourth-order valence-electron chi connectivity index (χ4n) is 2.79. The maximum Gasteiger partial charge on any atom is 0.339 e. The number of carbonyl (C=O) groups is 2. The zero-order valence-electron chi connectivity index (χ0n) is 16.5. The first-order chi connectivity index (χ1) is 13.1. The molecule has 2 aromatic carbocycles. The number of para-hydroxylation sites is 1. The van der Waals surface area contributed by atoms with Gasteiger partial charge in [0.25, 0.3) is 0 Å². The van der Waals surface area contributed by atoms with Gasteiger partial charge >= 0.3 is 5.97 Å². The number of methoxy groups -OCH3 is 1. The number of amides is 1. The van der Waals surface area contributed by atoms with E-state index in [-0.39, 0.29) is 11.3 Å². The van der Waals surface area contributed by atoms with Crippen molar-refractivity contribution in [2.45, 2.75) is 26.8 Å². The number of benzene rings is 2. The molecule has 0 fully saturated rings. The molecular weight excluding hydrogens is 380 g/mol. The van der Waals surface area contributed by atoms with Gasteiger partial charge in [0.05, 0.1) is 30.3 Å². The van der Waals surface area contributed by atoms with Crippen molar-refractivity contribution in [3.05, 3.63) is 59.2 Å². The first kappa shape index (κ1) is 21.4. The Morgan fingerprint density at radius 2 is 1.71 bits per heavy atom. The molecule has 0 spiro atoms. The molecule has 0 bridgehead atoms. The number of esters is 1. The van der Waals surface area contributed by atoms with Gasteiger partial charge in [-0.25, -0.2) is 13.2 Å². The molecule has 1 amide bonds. The fourth-order valence-corrected chi connectivity index (χ4v) is 3.96. The zero-order chi connectivity index (χ0) is 21.1. The average Bonchev–Trinajstić information content (AvgIpc) is 2.63. The van der Waals surface area contributed by atoms with Crippen molar-refractivity contribution in [3.63, 3.8) is 0 Å². The number of nitrogens with zero attached hydrogens (tertiary/aromatic N) is 1. The van der Waals surface area contributed by atoms with Crippen molar-refractivity contribution >= 4 is 33.3 Å². The van der Waals surface area contributed by atoms with Crippen LogP contribution in [0.2, 0.25) is 0 Å². The zero-order valence-corrected chi connectivity index (χ0v) is 17.3. The molecule has 0 aliphatic rings. The van der Waals surface area contributed by atoms with E-state index in [2.05, 4.69) is 5.32 Å². The van der Waals surface area contributed by atoms with Crippen LogP contribution >= 0.6 is 0 Å². The molecule has 1 atom stereocenters. The van der Waals surface area contributed by atoms with Crippen molar-refractivity contribution in [2.24, 2.45) is 0 Å². The maximum atomic E-state index is 12.8. The first-order valence-corrected chi connectivity index (χ1v) is 10.5. The van der Waals surface area contributed by atoms with Gasteiger partial charge in [0.2, 0.25) is 15.9 Å². The summed E-state index contributed by atoms with van der Waals surface area (Å²) in [6, 6.07) is 10.5. The number of nitrogens with one attached hydrogen (secondary N) is 1. The number of hydrogen-bond acceptors (Lipinski definition) is 5. The molecule has 0 aliphatic carbocycles. The van der Waals surface area contributed by atoms with Crippen molar-refractivity contribution in [1.82, 2.24) is 0 Å². The van der Waals surface area contributed by atoms with Crippen LogP contribution in [-0.2, 0) is 19.6 Å². The molecular formula is C20H24N2O5S. The van der Waals surface area contributed by atoms with E-state index in [1.807, 2.05) is 13.8 Å². The third kappa shape index (κ3) is 4.69. The summed E-state index contributed by atoms with van der Waals surface area (Å²) in [7, 11) is -2.49. The standard InChI is InChI=1S/C20H24N2O5S/c1-13-10-11-16(12-14(13)2)22(28(5,25)26)15(3)19(23)21-18-9-7-6-8-17(18)20(24)27-4/h6-12,15H,1-5H3,(H,21,23)/t15-/m1/s1. The van der Waals surface area contributed by atoms with Crippen molar-refractivity contribution in [1.29, 1.82) is 0 Å². The van der Waals surface area contributed by atoms with Crippen molar-refractivity contribution < 1.29 is 22.7 Å². The van der Waals surface area contributed by atoms with E-state index in [0.717, 1.165) is 21.7 Å². The number of aryl methyl sites for hydroxylation is 2. The lowest BCUT2D eigenvalue weighted by atomic mass is 10.1. The molecule has 0 aliphatic heterocycles. The van der Waals surface area contributed by atoms with Gasteiger partial charge < -0.3 is 10.1 Å². The second-order valence-corrected chi connectivity index (χ2v) is 8.39. The van der Waals surface area contributed by atoms with E-state index in [0.29, 0.717) is 5.69 Å². The maximum absolute atomic E-state index is 12.8. The average molecular weight is 404 g/mol. The summed E-state index contributed by atoms with van der Waals surface area (Å²) < 4.78 is 30.6. The number of ether oxygens (including phenoxy) is 1. The molecule has 0 heterocycles. The van der Waals surface area contributed by atoms with Crippen LogP contribution in [0.4, 0.5) is 11.4 Å². The molecule has 0 saturated carbocycles. The van der Waals surface area contributed by atoms with Crippen LogP contribution in [0.25, 0.3) is 0 Å². The number of rotatable bonds is 6. The third-order valence-electron chi connectivity index (χ3n) is 4.42. The van der Waals surface area contributed by atoms with E-state index in [1.54, 1.807) is 36.4 Å². The highest BCUT2D eigenvalue weighted by Crippen LogP contribution is 2.25. The van der Waals surface area contributed by atoms with Gasteiger partial charge in [0.1, 0.15) is 6.04 Å². The van der Waals surface area contributed by atoms with Crippen molar-refractivity contribution in [3.8, 4) is 0 Å². The van der Waals surface area contributed by atoms with Gasteiger partial charge in [-0.2, -0.15) is 0 Å². The number of sulfonamides is 1. The molecule has 0 radical (unpaired) electrons. The predicted molar refractivity (Wildman–Crippen MR) is 109 cm³/mol. The Hall–Kier alpha value is -2.87. The molecule has 2 aromatic rings. The Morgan fingerprint density at radius 1 is 1.07 bits per heavy atom. The SMILES string of the molecule is COC(=O)c1ccccc1NC(=O)[C@@H](C)N(c1ccc(C)c(C)c1)S(C)(=O)=O. The Kier molecular flexibility index (Phi) is 6.45. The van der Waals surface area contributed by atoms with Crippen LogP contribution in [0.15, 0.2) is 42.5 Å². The van der Waals surface area contributed by atoms with E-state index >= 15 is 0 Å². The van der Waals surface area contributed by atoms with E-state index < -0.39 is 27.9 Å². The van der Waals surface area contributed by atoms with Gasteiger partial charge in [-0.1, -0.05) is 18.2 Å². The lowest BCUT2D eigenvalue weighted by Gasteiger charge is -2.29. The monoisotopic (exact) mass is 404 g/mol. The quantitative estimate of drug-likeness (QED) is 0.748. The highest BCUT2D eigenvalue weighted by atomic mass is 32.2. The summed E-state index contributed by atoms with van der Waals surface area (Å²) in [4.78, 5) is 24.7. The van der Waals surface area contributed by atoms with Gasteiger partial charge in [0, 0.05) is 0 Å². The molecule has 2 rings (SSSR count). The summed E-state index contributed by atoms with van der Waals surface area (Å²) in [6.07, 6.45) is 1.05. The minimum absolute atomic E-state index is 0.183. The van der Waals surface area contributed by atoms with Crippen LogP contribution in [0.5, 0.6) is 0 Å². The molecule has 150 valence electrons. The molecule has 28 heavy (non-hydrogen) atoms. The van der Waals surface area contributed by atoms with Gasteiger partial charge in [0.15, 0.2) is 0 Å². The Morgan fingerprint density at radius 3 is 2.29 bits per heavy atom. The smallest absolute Gasteiger partial charge is 0.339 e. The minimum Gasteiger partial charge on any atom is -0.465 e. The number of anilines is 2. The molecule has 0 unspecified atom stereocenters. The second-order valence-electron chi connectivity index (χ2n) is 6.53. The predicted octanol–water partition coefficient (Wildman–Crippen LogP) is 2.88. The number of hydrogen-bond donors (Lipinski definition) is 1. The lowest BCUT2D eigenvalue weighted by molar-refractivity contribution is -0.116. The normalized spacial score (nSPS) is 12.2. The molecule has 8 heteroatoms. The van der Waals surface area contributed by atoms with E-state index in [4.69, 9.17) is 4.74 Å². The fraction of sp³-hybridized carbons (Fsp3) is 0.300. The third-order valence-corrected chi connectivity index (χ3v) is 5.67. The van der Waals surface area contributed by atoms with Crippen LogP contribution < -0.4 is 9.62 Å². The van der Waals surface area contributed by atoms with E-state index in [1.165, 1.54) is 20.1 Å². The Labute approximate surface area is 165 Å². The van der Waals surface area contributed by atoms with Gasteiger partial charge in [-0.3, -0.25) is 9.10 Å².